The number of anilines is 1. The Hall–Kier alpha value is -4.01. The zero-order chi connectivity index (χ0) is 34.3. The number of carbonyl (C=O) groups excluding carboxylic acids is 4. The maximum Gasteiger partial charge on any atom is 0.397 e. The summed E-state index contributed by atoms with van der Waals surface area (Å²) in [7, 11) is 1.88. The van der Waals surface area contributed by atoms with E-state index < -0.39 is 60.0 Å². The molecule has 1 saturated heterocycles. The van der Waals surface area contributed by atoms with Gasteiger partial charge in [0.05, 0.1) is 5.69 Å². The summed E-state index contributed by atoms with van der Waals surface area (Å²) in [5.41, 5.74) is 0.376. The third kappa shape index (κ3) is 9.52. The van der Waals surface area contributed by atoms with Crippen LogP contribution in [0.15, 0.2) is 30.5 Å². The van der Waals surface area contributed by atoms with Crippen LogP contribution in [-0.4, -0.2) is 94.7 Å². The molecular formula is C32H43F4N7O4. The third-order valence-corrected chi connectivity index (χ3v) is 8.97. The maximum absolute atomic E-state index is 15.6. The van der Waals surface area contributed by atoms with Gasteiger partial charge in [0.15, 0.2) is 0 Å². The number of likely N-dealkylation sites (N-methyl/N-ethyl adjacent to an activating group) is 1. The smallest absolute Gasteiger partial charge is 0.343 e. The lowest BCUT2D eigenvalue weighted by Gasteiger charge is -2.36. The molecule has 0 radical (unpaired) electrons. The van der Waals surface area contributed by atoms with E-state index >= 15 is 4.39 Å². The lowest BCUT2D eigenvalue weighted by molar-refractivity contribution is -0.156. The van der Waals surface area contributed by atoms with Gasteiger partial charge in [-0.1, -0.05) is 32.3 Å². The summed E-state index contributed by atoms with van der Waals surface area (Å²) in [5, 5.41) is 11.8. The highest BCUT2D eigenvalue weighted by atomic mass is 19.4. The van der Waals surface area contributed by atoms with E-state index in [1.165, 1.54) is 34.8 Å². The second-order valence-corrected chi connectivity index (χ2v) is 12.4. The summed E-state index contributed by atoms with van der Waals surface area (Å²) in [6.07, 6.45) is -0.794. The first-order valence-corrected chi connectivity index (χ1v) is 16.0. The van der Waals surface area contributed by atoms with Crippen LogP contribution in [0.1, 0.15) is 74.3 Å². The van der Waals surface area contributed by atoms with E-state index in [2.05, 4.69) is 21.0 Å². The number of amides is 4. The minimum atomic E-state index is -4.77. The Morgan fingerprint density at radius 1 is 1.00 bits per heavy atom. The Morgan fingerprint density at radius 2 is 1.68 bits per heavy atom. The van der Waals surface area contributed by atoms with Crippen LogP contribution in [0.2, 0.25) is 0 Å². The highest BCUT2D eigenvalue weighted by Crippen LogP contribution is 2.30. The number of hydrogen-bond acceptors (Lipinski definition) is 6. The number of piperazine rings is 1. The topological polar surface area (TPSA) is 129 Å². The van der Waals surface area contributed by atoms with Crippen molar-refractivity contribution in [1.29, 1.82) is 0 Å². The number of nitrogens with zero attached hydrogens (tertiary/aromatic N) is 4. The second-order valence-electron chi connectivity index (χ2n) is 12.4. The Labute approximate surface area is 271 Å². The zero-order valence-corrected chi connectivity index (χ0v) is 26.9. The molecule has 1 aromatic heterocycles. The highest BCUT2D eigenvalue weighted by molar-refractivity contribution is 6.00. The first-order chi connectivity index (χ1) is 22.3. The van der Waals surface area contributed by atoms with E-state index in [1.54, 1.807) is 6.07 Å². The number of nitrogens with one attached hydrogen (secondary N) is 3. The number of halogens is 4. The molecule has 258 valence electrons. The number of rotatable bonds is 11. The molecule has 0 unspecified atom stereocenters. The molecule has 15 heteroatoms. The summed E-state index contributed by atoms with van der Waals surface area (Å²) >= 11 is 0. The van der Waals surface area contributed by atoms with Gasteiger partial charge in [-0.05, 0) is 56.5 Å². The number of alkyl halides is 3. The number of aryl methyl sites for hydroxylation is 1. The van der Waals surface area contributed by atoms with Crippen molar-refractivity contribution in [3.63, 3.8) is 0 Å². The van der Waals surface area contributed by atoms with Gasteiger partial charge in [-0.15, -0.1) is 0 Å². The van der Waals surface area contributed by atoms with Crippen molar-refractivity contribution in [1.82, 2.24) is 30.2 Å². The van der Waals surface area contributed by atoms with E-state index in [1.807, 2.05) is 18.9 Å². The molecule has 2 aliphatic rings. The molecule has 0 bridgehead atoms. The predicted octanol–water partition coefficient (Wildman–Crippen LogP) is 3.67. The van der Waals surface area contributed by atoms with Crippen molar-refractivity contribution >= 4 is 29.3 Å². The highest BCUT2D eigenvalue weighted by Gasteiger charge is 2.37. The van der Waals surface area contributed by atoms with Crippen molar-refractivity contribution < 1.29 is 36.7 Å². The number of aromatic nitrogens is 2. The van der Waals surface area contributed by atoms with Crippen LogP contribution in [0, 0.1) is 11.7 Å². The van der Waals surface area contributed by atoms with E-state index in [0.717, 1.165) is 25.3 Å². The first-order valence-electron chi connectivity index (χ1n) is 16.0. The van der Waals surface area contributed by atoms with Crippen molar-refractivity contribution in [3.05, 3.63) is 47.5 Å². The summed E-state index contributed by atoms with van der Waals surface area (Å²) < 4.78 is 55.9. The van der Waals surface area contributed by atoms with Crippen molar-refractivity contribution in [2.75, 3.05) is 38.5 Å². The quantitative estimate of drug-likeness (QED) is 0.315. The molecular weight excluding hydrogens is 622 g/mol. The Balaban J connectivity index is 1.53. The molecule has 1 aromatic carbocycles. The maximum atomic E-state index is 15.6. The van der Waals surface area contributed by atoms with E-state index in [0.29, 0.717) is 51.3 Å². The van der Waals surface area contributed by atoms with Gasteiger partial charge >= 0.3 is 6.18 Å². The van der Waals surface area contributed by atoms with Crippen molar-refractivity contribution in [3.8, 4) is 0 Å². The van der Waals surface area contributed by atoms with Gasteiger partial charge in [0, 0.05) is 44.8 Å². The van der Waals surface area contributed by atoms with Gasteiger partial charge in [-0.2, -0.15) is 18.3 Å². The molecule has 47 heavy (non-hydrogen) atoms. The van der Waals surface area contributed by atoms with Crippen LogP contribution in [-0.2, 0) is 20.9 Å². The van der Waals surface area contributed by atoms with Gasteiger partial charge in [-0.3, -0.25) is 23.9 Å². The second kappa shape index (κ2) is 15.7. The van der Waals surface area contributed by atoms with Gasteiger partial charge in [0.25, 0.3) is 5.91 Å². The van der Waals surface area contributed by atoms with Gasteiger partial charge in [0.2, 0.25) is 17.7 Å². The van der Waals surface area contributed by atoms with E-state index in [9.17, 15) is 32.3 Å². The summed E-state index contributed by atoms with van der Waals surface area (Å²) in [5.74, 6) is -4.88. The van der Waals surface area contributed by atoms with Crippen LogP contribution in [0.25, 0.3) is 0 Å². The Morgan fingerprint density at radius 3 is 2.30 bits per heavy atom. The molecule has 3 atom stereocenters. The summed E-state index contributed by atoms with van der Waals surface area (Å²) in [6.45, 7) is 5.57. The lowest BCUT2D eigenvalue weighted by Crippen LogP contribution is -2.56. The number of carbonyl (C=O) groups is 4. The molecule has 1 aliphatic heterocycles. The zero-order valence-electron chi connectivity index (χ0n) is 26.9. The van der Waals surface area contributed by atoms with Crippen LogP contribution >= 0.6 is 0 Å². The first kappa shape index (κ1) is 35.8. The molecule has 4 rings (SSSR count). The molecule has 1 saturated carbocycles. The van der Waals surface area contributed by atoms with Gasteiger partial charge < -0.3 is 25.8 Å². The fourth-order valence-corrected chi connectivity index (χ4v) is 6.21. The molecule has 3 N–H and O–H groups in total. The molecule has 2 aromatic rings. The minimum Gasteiger partial charge on any atom is -0.343 e. The fraction of sp³-hybridized carbons (Fsp3) is 0.594. The minimum absolute atomic E-state index is 0.158. The molecule has 2 heterocycles. The average molecular weight is 666 g/mol. The van der Waals surface area contributed by atoms with Crippen LogP contribution in [0.5, 0.6) is 0 Å². The normalized spacial score (nSPS) is 18.2. The van der Waals surface area contributed by atoms with E-state index in [4.69, 9.17) is 0 Å². The van der Waals surface area contributed by atoms with Crippen LogP contribution in [0.3, 0.4) is 0 Å². The lowest BCUT2D eigenvalue weighted by atomic mass is 9.83. The molecule has 1 aliphatic carbocycles. The monoisotopic (exact) mass is 665 g/mol. The number of benzene rings is 1. The summed E-state index contributed by atoms with van der Waals surface area (Å²) in [6, 6.07) is 3.10. The SMILES string of the molecule is CCn1nccc1C(=O)N[C@H](C(=O)Nc1ccc([C@H](C)[C@@H](NC(=O)CC(F)(F)F)C(=O)N2CCN(C)CC2)cc1F)C1CCCCC1. The summed E-state index contributed by atoms with van der Waals surface area (Å²) in [4.78, 5) is 56.0. The van der Waals surface area contributed by atoms with Gasteiger partial charge in [0.1, 0.15) is 30.0 Å². The molecule has 11 nitrogen and oxygen atoms in total. The van der Waals surface area contributed by atoms with E-state index in [-0.39, 0.29) is 17.2 Å². The van der Waals surface area contributed by atoms with Crippen molar-refractivity contribution in [2.45, 2.75) is 83.1 Å². The van der Waals surface area contributed by atoms with Crippen molar-refractivity contribution in [2.24, 2.45) is 5.92 Å². The molecule has 2 fully saturated rings. The van der Waals surface area contributed by atoms with Crippen LogP contribution in [0.4, 0.5) is 23.2 Å². The molecule has 4 amide bonds. The van der Waals surface area contributed by atoms with Gasteiger partial charge in [-0.25, -0.2) is 4.39 Å². The Bertz CT molecular complexity index is 1420. The average Bonchev–Trinajstić information content (AvgIpc) is 3.52. The molecule has 0 spiro atoms. The predicted molar refractivity (Wildman–Crippen MR) is 166 cm³/mol. The van der Waals surface area contributed by atoms with Crippen LogP contribution < -0.4 is 16.0 Å². The third-order valence-electron chi connectivity index (χ3n) is 8.97. The number of hydrogen-bond donors (Lipinski definition) is 3. The fourth-order valence-electron chi connectivity index (χ4n) is 6.21. The Kier molecular flexibility index (Phi) is 12.0. The largest absolute Gasteiger partial charge is 0.397 e. The standard InChI is InChI=1S/C32H43F4N7O4/c1-4-43-25(12-13-37-43)29(45)40-28(21-8-6-5-7-9-21)30(46)38-24-11-10-22(18-23(24)33)20(2)27(39-26(44)19-32(34,35)36)31(47)42-16-14-41(3)15-17-42/h10-13,18,20-21,27-28H,4-9,14-17,19H2,1-3H3,(H,38,46)(H,39,44)(H,40,45)/t20-,27+,28-/m0/s1.